The molecule has 0 atom stereocenters. The zero-order valence-corrected chi connectivity index (χ0v) is 10.1. The zero-order chi connectivity index (χ0) is 13.0. The molecule has 0 aliphatic carbocycles. The van der Waals surface area contributed by atoms with Gasteiger partial charge in [-0.3, -0.25) is 14.9 Å². The predicted octanol–water partition coefficient (Wildman–Crippen LogP) is 0.0743. The lowest BCUT2D eigenvalue weighted by molar-refractivity contribution is -0.130. The van der Waals surface area contributed by atoms with Crippen LogP contribution >= 0.6 is 0 Å². The van der Waals surface area contributed by atoms with Gasteiger partial charge in [-0.15, -0.1) is 0 Å². The number of piperazine rings is 1. The van der Waals surface area contributed by atoms with E-state index in [-0.39, 0.29) is 31.5 Å². The summed E-state index contributed by atoms with van der Waals surface area (Å²) in [6.07, 6.45) is 1.41. The second kappa shape index (κ2) is 5.64. The Balaban J connectivity index is 2.20. The molecule has 0 unspecified atom stereocenters. The van der Waals surface area contributed by atoms with Gasteiger partial charge in [0.2, 0.25) is 11.8 Å². The third-order valence-corrected chi connectivity index (χ3v) is 2.88. The summed E-state index contributed by atoms with van der Waals surface area (Å²) in [5.41, 5.74) is 1.95. The molecular formula is C13H16N2O3. The van der Waals surface area contributed by atoms with Gasteiger partial charge in [-0.05, 0) is 24.5 Å². The highest BCUT2D eigenvalue weighted by Crippen LogP contribution is 2.22. The average Bonchev–Trinajstić information content (AvgIpc) is 2.35. The summed E-state index contributed by atoms with van der Waals surface area (Å²) in [7, 11) is 0. The molecule has 1 aliphatic heterocycles. The molecule has 2 amide bonds. The molecule has 1 fully saturated rings. The number of aliphatic hydroxyl groups excluding tert-OH is 1. The van der Waals surface area contributed by atoms with Crippen molar-refractivity contribution in [2.24, 2.45) is 0 Å². The number of para-hydroxylation sites is 1. The molecule has 0 aromatic heterocycles. The third-order valence-electron chi connectivity index (χ3n) is 2.88. The Morgan fingerprint density at radius 2 is 1.83 bits per heavy atom. The van der Waals surface area contributed by atoms with E-state index in [0.717, 1.165) is 17.7 Å². The molecule has 1 heterocycles. The highest BCUT2D eigenvalue weighted by atomic mass is 16.3. The highest BCUT2D eigenvalue weighted by molar-refractivity contribution is 6.02. The number of imide groups is 1. The van der Waals surface area contributed by atoms with E-state index in [1.54, 1.807) is 4.90 Å². The van der Waals surface area contributed by atoms with Crippen LogP contribution in [-0.4, -0.2) is 36.6 Å². The van der Waals surface area contributed by atoms with Gasteiger partial charge in [-0.2, -0.15) is 0 Å². The summed E-state index contributed by atoms with van der Waals surface area (Å²) in [6, 6.07) is 7.66. The van der Waals surface area contributed by atoms with Gasteiger partial charge in [-0.1, -0.05) is 18.2 Å². The number of anilines is 1. The standard InChI is InChI=1S/C13H16N2O3/c16-7-3-5-10-4-1-2-6-11(10)15-8-12(17)14-13(18)9-15/h1-2,4,6,16H,3,5,7-9H2,(H,14,17,18). The van der Waals surface area contributed by atoms with Crippen LogP contribution in [0.25, 0.3) is 0 Å². The van der Waals surface area contributed by atoms with E-state index < -0.39 is 0 Å². The topological polar surface area (TPSA) is 69.6 Å². The van der Waals surface area contributed by atoms with Crippen molar-refractivity contribution in [3.63, 3.8) is 0 Å². The lowest BCUT2D eigenvalue weighted by atomic mass is 10.1. The van der Waals surface area contributed by atoms with Crippen LogP contribution in [0.15, 0.2) is 24.3 Å². The monoisotopic (exact) mass is 248 g/mol. The van der Waals surface area contributed by atoms with Crippen LogP contribution in [0.1, 0.15) is 12.0 Å². The second-order valence-electron chi connectivity index (χ2n) is 4.28. The van der Waals surface area contributed by atoms with Crippen molar-refractivity contribution in [1.82, 2.24) is 5.32 Å². The predicted molar refractivity (Wildman–Crippen MR) is 67.2 cm³/mol. The van der Waals surface area contributed by atoms with E-state index in [4.69, 9.17) is 5.11 Å². The number of aryl methyl sites for hydroxylation is 1. The maximum Gasteiger partial charge on any atom is 0.246 e. The molecule has 5 heteroatoms. The number of hydrogen-bond donors (Lipinski definition) is 2. The molecule has 2 N–H and O–H groups in total. The first-order chi connectivity index (χ1) is 8.70. The van der Waals surface area contributed by atoms with Gasteiger partial charge in [0.15, 0.2) is 0 Å². The number of rotatable bonds is 4. The van der Waals surface area contributed by atoms with Crippen LogP contribution < -0.4 is 10.2 Å². The minimum absolute atomic E-state index is 0.133. The van der Waals surface area contributed by atoms with Gasteiger partial charge in [-0.25, -0.2) is 0 Å². The Hall–Kier alpha value is -1.88. The fourth-order valence-electron chi connectivity index (χ4n) is 2.11. The van der Waals surface area contributed by atoms with E-state index in [1.807, 2.05) is 24.3 Å². The Morgan fingerprint density at radius 1 is 1.17 bits per heavy atom. The van der Waals surface area contributed by atoms with Gasteiger partial charge < -0.3 is 10.0 Å². The maximum atomic E-state index is 11.4. The SMILES string of the molecule is O=C1CN(c2ccccc2CCCO)CC(=O)N1. The van der Waals surface area contributed by atoms with Gasteiger partial charge in [0.1, 0.15) is 0 Å². The average molecular weight is 248 g/mol. The summed E-state index contributed by atoms with van der Waals surface area (Å²) < 4.78 is 0. The minimum atomic E-state index is -0.275. The van der Waals surface area contributed by atoms with Gasteiger partial charge in [0.25, 0.3) is 0 Å². The number of benzene rings is 1. The molecule has 0 spiro atoms. The fraction of sp³-hybridized carbons (Fsp3) is 0.385. The second-order valence-corrected chi connectivity index (χ2v) is 4.28. The summed E-state index contributed by atoms with van der Waals surface area (Å²) in [6.45, 7) is 0.525. The molecule has 1 aromatic carbocycles. The van der Waals surface area contributed by atoms with E-state index in [2.05, 4.69) is 5.32 Å². The normalized spacial score (nSPS) is 15.7. The number of nitrogens with zero attached hydrogens (tertiary/aromatic N) is 1. The highest BCUT2D eigenvalue weighted by Gasteiger charge is 2.23. The summed E-state index contributed by atoms with van der Waals surface area (Å²) in [5, 5.41) is 11.2. The Labute approximate surface area is 105 Å². The molecule has 96 valence electrons. The Bertz CT molecular complexity index is 443. The van der Waals surface area contributed by atoms with Crippen molar-refractivity contribution in [3.8, 4) is 0 Å². The van der Waals surface area contributed by atoms with E-state index in [9.17, 15) is 9.59 Å². The smallest absolute Gasteiger partial charge is 0.246 e. The van der Waals surface area contributed by atoms with Crippen LogP contribution in [0.3, 0.4) is 0 Å². The van der Waals surface area contributed by atoms with E-state index in [0.29, 0.717) is 6.42 Å². The van der Waals surface area contributed by atoms with Crippen molar-refractivity contribution in [2.45, 2.75) is 12.8 Å². The molecule has 0 radical (unpaired) electrons. The van der Waals surface area contributed by atoms with E-state index >= 15 is 0 Å². The van der Waals surface area contributed by atoms with Crippen LogP contribution in [-0.2, 0) is 16.0 Å². The van der Waals surface area contributed by atoms with Crippen molar-refractivity contribution in [2.75, 3.05) is 24.6 Å². The maximum absolute atomic E-state index is 11.4. The molecule has 0 bridgehead atoms. The van der Waals surface area contributed by atoms with Gasteiger partial charge in [0, 0.05) is 12.3 Å². The van der Waals surface area contributed by atoms with Gasteiger partial charge in [0.05, 0.1) is 13.1 Å². The first kappa shape index (κ1) is 12.6. The van der Waals surface area contributed by atoms with Crippen molar-refractivity contribution in [1.29, 1.82) is 0 Å². The number of hydrogen-bond acceptors (Lipinski definition) is 4. The number of amides is 2. The first-order valence-corrected chi connectivity index (χ1v) is 5.97. The van der Waals surface area contributed by atoms with Gasteiger partial charge >= 0.3 is 0 Å². The molecule has 1 saturated heterocycles. The first-order valence-electron chi connectivity index (χ1n) is 5.97. The molecule has 0 saturated carbocycles. The van der Waals surface area contributed by atoms with E-state index in [1.165, 1.54) is 0 Å². The van der Waals surface area contributed by atoms with Crippen LogP contribution in [0.5, 0.6) is 0 Å². The molecule has 18 heavy (non-hydrogen) atoms. The molecule has 1 aromatic rings. The molecule has 1 aliphatic rings. The van der Waals surface area contributed by atoms with Crippen molar-refractivity contribution < 1.29 is 14.7 Å². The minimum Gasteiger partial charge on any atom is -0.396 e. The number of aliphatic hydroxyl groups is 1. The summed E-state index contributed by atoms with van der Waals surface area (Å²) in [5.74, 6) is -0.550. The number of carbonyl (C=O) groups is 2. The lowest BCUT2D eigenvalue weighted by Gasteiger charge is -2.29. The van der Waals surface area contributed by atoms with Crippen molar-refractivity contribution in [3.05, 3.63) is 29.8 Å². The number of carbonyl (C=O) groups excluding carboxylic acids is 2. The third kappa shape index (κ3) is 2.87. The number of nitrogens with one attached hydrogen (secondary N) is 1. The van der Waals surface area contributed by atoms with Crippen LogP contribution in [0.4, 0.5) is 5.69 Å². The summed E-state index contributed by atoms with van der Waals surface area (Å²) >= 11 is 0. The quantitative estimate of drug-likeness (QED) is 0.740. The van der Waals surface area contributed by atoms with Crippen molar-refractivity contribution >= 4 is 17.5 Å². The molecular weight excluding hydrogens is 232 g/mol. The van der Waals surface area contributed by atoms with Crippen LogP contribution in [0, 0.1) is 0 Å². The fourth-order valence-corrected chi connectivity index (χ4v) is 2.11. The largest absolute Gasteiger partial charge is 0.396 e. The Kier molecular flexibility index (Phi) is 3.94. The summed E-state index contributed by atoms with van der Waals surface area (Å²) in [4.78, 5) is 24.5. The van der Waals surface area contributed by atoms with Crippen LogP contribution in [0.2, 0.25) is 0 Å². The molecule has 2 rings (SSSR count). The zero-order valence-electron chi connectivity index (χ0n) is 10.1. The lowest BCUT2D eigenvalue weighted by Crippen LogP contribution is -2.51. The Morgan fingerprint density at radius 3 is 2.50 bits per heavy atom. The molecule has 5 nitrogen and oxygen atoms in total.